The molecule has 3 aromatic rings. The van der Waals surface area contributed by atoms with Crippen molar-refractivity contribution in [3.8, 4) is 11.1 Å². The fourth-order valence-corrected chi connectivity index (χ4v) is 3.82. The van der Waals surface area contributed by atoms with Gasteiger partial charge in [0.05, 0.1) is 5.92 Å². The van der Waals surface area contributed by atoms with E-state index >= 15 is 0 Å². The van der Waals surface area contributed by atoms with E-state index in [-0.39, 0.29) is 11.9 Å². The Hall–Kier alpha value is -3.20. The first-order chi connectivity index (χ1) is 14.3. The number of carbonyl (C=O) groups excluding carboxylic acids is 1. The van der Waals surface area contributed by atoms with Gasteiger partial charge in [-0.1, -0.05) is 109 Å². The van der Waals surface area contributed by atoms with E-state index in [1.165, 1.54) is 12.0 Å². The lowest BCUT2D eigenvalue weighted by Gasteiger charge is -2.18. The Kier molecular flexibility index (Phi) is 6.16. The zero-order valence-electron chi connectivity index (χ0n) is 16.5. The van der Waals surface area contributed by atoms with E-state index in [4.69, 9.17) is 4.84 Å². The Balaban J connectivity index is 1.60. The zero-order valence-corrected chi connectivity index (χ0v) is 16.5. The van der Waals surface area contributed by atoms with Crippen LogP contribution in [-0.4, -0.2) is 11.7 Å². The third-order valence-electron chi connectivity index (χ3n) is 5.48. The molecular weight excluding hydrogens is 358 g/mol. The lowest BCUT2D eigenvalue weighted by molar-refractivity contribution is -0.149. The minimum atomic E-state index is -0.209. The zero-order chi connectivity index (χ0) is 19.9. The largest absolute Gasteiger partial charge is 0.338 e. The van der Waals surface area contributed by atoms with E-state index in [0.717, 1.165) is 42.4 Å². The normalized spacial score (nSPS) is 15.1. The van der Waals surface area contributed by atoms with E-state index in [2.05, 4.69) is 29.4 Å². The topological polar surface area (TPSA) is 38.7 Å². The molecule has 0 N–H and O–H groups in total. The molecule has 0 radical (unpaired) electrons. The van der Waals surface area contributed by atoms with Crippen LogP contribution in [0.4, 0.5) is 0 Å². The monoisotopic (exact) mass is 383 g/mol. The SMILES string of the molecule is O=C(ON=C(c1ccccc1)c1ccc(-c2ccccc2)cc1)C1CCCCC1. The number of benzene rings is 3. The standard InChI is InChI=1S/C26H25NO2/c28-26(24-14-8-3-9-15-24)29-27-25(22-12-6-2-7-13-22)23-18-16-21(17-19-23)20-10-4-1-5-11-20/h1-2,4-7,10-13,16-19,24H,3,8-9,14-15H2. The molecule has 4 rings (SSSR count). The Labute approximate surface area is 172 Å². The molecule has 0 aromatic heterocycles. The van der Waals surface area contributed by atoms with Gasteiger partial charge in [-0.25, -0.2) is 4.79 Å². The second-order valence-corrected chi connectivity index (χ2v) is 7.49. The van der Waals surface area contributed by atoms with E-state index < -0.39 is 0 Å². The van der Waals surface area contributed by atoms with E-state index in [1.807, 2.05) is 60.7 Å². The first-order valence-electron chi connectivity index (χ1n) is 10.3. The average molecular weight is 383 g/mol. The number of carbonyl (C=O) groups is 1. The summed E-state index contributed by atoms with van der Waals surface area (Å²) in [4.78, 5) is 17.9. The first kappa shape index (κ1) is 19.1. The third-order valence-corrected chi connectivity index (χ3v) is 5.48. The van der Waals surface area contributed by atoms with Gasteiger partial charge in [-0.15, -0.1) is 0 Å². The Morgan fingerprint density at radius 3 is 1.90 bits per heavy atom. The summed E-state index contributed by atoms with van der Waals surface area (Å²) < 4.78 is 0. The highest BCUT2D eigenvalue weighted by atomic mass is 16.7. The summed E-state index contributed by atoms with van der Waals surface area (Å²) in [5.41, 5.74) is 4.83. The molecule has 1 fully saturated rings. The Bertz CT molecular complexity index is 957. The summed E-state index contributed by atoms with van der Waals surface area (Å²) in [5.74, 6) is -0.232. The molecule has 1 aliphatic carbocycles. The van der Waals surface area contributed by atoms with E-state index in [9.17, 15) is 4.79 Å². The van der Waals surface area contributed by atoms with Crippen LogP contribution in [0.2, 0.25) is 0 Å². The van der Waals surface area contributed by atoms with Gasteiger partial charge in [0, 0.05) is 11.1 Å². The molecule has 1 aliphatic rings. The van der Waals surface area contributed by atoms with Gasteiger partial charge in [0.25, 0.3) is 0 Å². The van der Waals surface area contributed by atoms with Crippen molar-refractivity contribution in [1.82, 2.24) is 0 Å². The predicted octanol–water partition coefficient (Wildman–Crippen LogP) is 6.23. The molecule has 1 saturated carbocycles. The summed E-state index contributed by atoms with van der Waals surface area (Å²) in [6.45, 7) is 0. The van der Waals surface area contributed by atoms with Crippen LogP contribution in [-0.2, 0) is 9.63 Å². The molecule has 3 heteroatoms. The van der Waals surface area contributed by atoms with Gasteiger partial charge in [0.2, 0.25) is 0 Å². The lowest BCUT2D eigenvalue weighted by atomic mass is 9.89. The summed E-state index contributed by atoms with van der Waals surface area (Å²) in [5, 5.41) is 4.31. The molecule has 3 nitrogen and oxygen atoms in total. The molecule has 0 aliphatic heterocycles. The van der Waals surface area contributed by atoms with Crippen LogP contribution >= 0.6 is 0 Å². The maximum atomic E-state index is 12.5. The predicted molar refractivity (Wildman–Crippen MR) is 117 cm³/mol. The van der Waals surface area contributed by atoms with Crippen LogP contribution in [0.15, 0.2) is 90.1 Å². The van der Waals surface area contributed by atoms with Crippen molar-refractivity contribution >= 4 is 11.7 Å². The lowest BCUT2D eigenvalue weighted by Crippen LogP contribution is -2.19. The summed E-state index contributed by atoms with van der Waals surface area (Å²) in [7, 11) is 0. The highest BCUT2D eigenvalue weighted by Crippen LogP contribution is 2.25. The van der Waals surface area contributed by atoms with Crippen LogP contribution in [0.25, 0.3) is 11.1 Å². The van der Waals surface area contributed by atoms with E-state index in [1.54, 1.807) is 0 Å². The molecule has 0 saturated heterocycles. The van der Waals surface area contributed by atoms with Gasteiger partial charge in [0.1, 0.15) is 5.71 Å². The van der Waals surface area contributed by atoms with E-state index in [0.29, 0.717) is 5.71 Å². The minimum Gasteiger partial charge on any atom is -0.317 e. The van der Waals surface area contributed by atoms with Crippen molar-refractivity contribution in [3.05, 3.63) is 96.1 Å². The van der Waals surface area contributed by atoms with Crippen LogP contribution < -0.4 is 0 Å². The average Bonchev–Trinajstić information content (AvgIpc) is 2.81. The maximum absolute atomic E-state index is 12.5. The van der Waals surface area contributed by atoms with Crippen LogP contribution in [0.3, 0.4) is 0 Å². The molecule has 0 amide bonds. The van der Waals surface area contributed by atoms with Crippen molar-refractivity contribution in [1.29, 1.82) is 0 Å². The number of hydrogen-bond acceptors (Lipinski definition) is 3. The molecular formula is C26H25NO2. The first-order valence-corrected chi connectivity index (χ1v) is 10.3. The highest BCUT2D eigenvalue weighted by molar-refractivity contribution is 6.12. The molecule has 146 valence electrons. The third kappa shape index (κ3) is 4.80. The summed E-state index contributed by atoms with van der Waals surface area (Å²) in [6.07, 6.45) is 5.20. The molecule has 0 bridgehead atoms. The Morgan fingerprint density at radius 1 is 0.690 bits per heavy atom. The molecule has 0 atom stereocenters. The maximum Gasteiger partial charge on any atom is 0.338 e. The van der Waals surface area contributed by atoms with Crippen molar-refractivity contribution in [2.24, 2.45) is 11.1 Å². The van der Waals surface area contributed by atoms with Crippen LogP contribution in [0, 0.1) is 5.92 Å². The quantitative estimate of drug-likeness (QED) is 0.298. The molecule has 29 heavy (non-hydrogen) atoms. The summed E-state index contributed by atoms with van der Waals surface area (Å²) >= 11 is 0. The molecule has 0 heterocycles. The number of oxime groups is 1. The molecule has 0 spiro atoms. The van der Waals surface area contributed by atoms with Gasteiger partial charge in [-0.05, 0) is 24.0 Å². The van der Waals surface area contributed by atoms with Crippen molar-refractivity contribution in [3.63, 3.8) is 0 Å². The van der Waals surface area contributed by atoms with Gasteiger partial charge in [-0.3, -0.25) is 0 Å². The molecule has 0 unspecified atom stereocenters. The van der Waals surface area contributed by atoms with Crippen molar-refractivity contribution in [2.75, 3.05) is 0 Å². The second kappa shape index (κ2) is 9.33. The van der Waals surface area contributed by atoms with Gasteiger partial charge < -0.3 is 4.84 Å². The van der Waals surface area contributed by atoms with Crippen molar-refractivity contribution in [2.45, 2.75) is 32.1 Å². The number of rotatable bonds is 5. The van der Waals surface area contributed by atoms with Gasteiger partial charge in [-0.2, -0.15) is 0 Å². The van der Waals surface area contributed by atoms with Gasteiger partial charge >= 0.3 is 5.97 Å². The fraction of sp³-hybridized carbons (Fsp3) is 0.231. The second-order valence-electron chi connectivity index (χ2n) is 7.49. The smallest absolute Gasteiger partial charge is 0.317 e. The van der Waals surface area contributed by atoms with Gasteiger partial charge in [0.15, 0.2) is 0 Å². The fourth-order valence-electron chi connectivity index (χ4n) is 3.82. The minimum absolute atomic E-state index is 0.0232. The van der Waals surface area contributed by atoms with Crippen molar-refractivity contribution < 1.29 is 9.63 Å². The number of hydrogen-bond donors (Lipinski definition) is 0. The Morgan fingerprint density at radius 2 is 1.24 bits per heavy atom. The highest BCUT2D eigenvalue weighted by Gasteiger charge is 2.23. The summed E-state index contributed by atoms with van der Waals surface area (Å²) in [6, 6.07) is 28.3. The molecule has 3 aromatic carbocycles. The number of nitrogens with zero attached hydrogens (tertiary/aromatic N) is 1. The van der Waals surface area contributed by atoms with Crippen LogP contribution in [0.5, 0.6) is 0 Å². The van der Waals surface area contributed by atoms with Crippen LogP contribution in [0.1, 0.15) is 43.2 Å².